The summed E-state index contributed by atoms with van der Waals surface area (Å²) in [4.78, 5) is 27.8. The van der Waals surface area contributed by atoms with Gasteiger partial charge in [-0.25, -0.2) is 0 Å². The average molecular weight is 500 g/mol. The first kappa shape index (κ1) is 24.6. The van der Waals surface area contributed by atoms with Crippen molar-refractivity contribution in [3.05, 3.63) is 101 Å². The number of aliphatic hydroxyl groups is 1. The number of hydrogen-bond donors (Lipinski definition) is 1. The summed E-state index contributed by atoms with van der Waals surface area (Å²) in [5, 5.41) is 11.4. The highest BCUT2D eigenvalue weighted by Gasteiger charge is 2.46. The molecule has 0 bridgehead atoms. The van der Waals surface area contributed by atoms with E-state index < -0.39 is 17.7 Å². The number of carbonyl (C=O) groups excluding carboxylic acids is 2. The monoisotopic (exact) mass is 499 g/mol. The van der Waals surface area contributed by atoms with E-state index in [1.54, 1.807) is 12.1 Å². The molecule has 2 aliphatic heterocycles. The second kappa shape index (κ2) is 10.5. The Morgan fingerprint density at radius 1 is 1.05 bits per heavy atom. The molecule has 0 unspecified atom stereocenters. The molecule has 2 heterocycles. The predicted octanol–water partition coefficient (Wildman–Crippen LogP) is 4.66. The largest absolute Gasteiger partial charge is 0.507 e. The summed E-state index contributed by atoms with van der Waals surface area (Å²) in [6.45, 7) is 2.81. The van der Waals surface area contributed by atoms with Gasteiger partial charge in [-0.3, -0.25) is 9.59 Å². The third kappa shape index (κ3) is 4.95. The molecular formula is C30H29NO6. The maximum Gasteiger partial charge on any atom is 0.295 e. The van der Waals surface area contributed by atoms with E-state index >= 15 is 0 Å². The summed E-state index contributed by atoms with van der Waals surface area (Å²) < 4.78 is 17.0. The van der Waals surface area contributed by atoms with Crippen molar-refractivity contribution < 1.29 is 28.9 Å². The van der Waals surface area contributed by atoms with E-state index in [0.29, 0.717) is 29.9 Å². The lowest BCUT2D eigenvalue weighted by Gasteiger charge is -2.25. The number of aliphatic hydroxyl groups excluding tert-OH is 1. The van der Waals surface area contributed by atoms with Gasteiger partial charge < -0.3 is 24.2 Å². The van der Waals surface area contributed by atoms with Gasteiger partial charge in [0.25, 0.3) is 11.7 Å². The molecule has 2 atom stereocenters. The lowest BCUT2D eigenvalue weighted by atomic mass is 9.94. The van der Waals surface area contributed by atoms with Crippen molar-refractivity contribution in [2.75, 3.05) is 20.3 Å². The molecule has 190 valence electrons. The van der Waals surface area contributed by atoms with Gasteiger partial charge in [-0.05, 0) is 53.9 Å². The summed E-state index contributed by atoms with van der Waals surface area (Å²) in [6.07, 6.45) is 0.758. The number of hydrogen-bond acceptors (Lipinski definition) is 6. The number of methoxy groups -OCH3 is 1. The fraction of sp³-hybridized carbons (Fsp3) is 0.267. The summed E-state index contributed by atoms with van der Waals surface area (Å²) >= 11 is 0. The minimum atomic E-state index is -0.779. The minimum absolute atomic E-state index is 0.0469. The normalized spacial score (nSPS) is 20.1. The highest BCUT2D eigenvalue weighted by Crippen LogP contribution is 2.41. The quantitative estimate of drug-likeness (QED) is 0.276. The lowest BCUT2D eigenvalue weighted by molar-refractivity contribution is -0.140. The van der Waals surface area contributed by atoms with Crippen molar-refractivity contribution in [1.29, 1.82) is 0 Å². The van der Waals surface area contributed by atoms with Crippen LogP contribution in [0.5, 0.6) is 11.5 Å². The molecule has 0 radical (unpaired) electrons. The molecule has 1 fully saturated rings. The number of amides is 1. The second-order valence-corrected chi connectivity index (χ2v) is 9.29. The van der Waals surface area contributed by atoms with Crippen LogP contribution in [0.1, 0.15) is 35.2 Å². The minimum Gasteiger partial charge on any atom is -0.507 e. The van der Waals surface area contributed by atoms with Crippen LogP contribution in [0.3, 0.4) is 0 Å². The third-order valence-electron chi connectivity index (χ3n) is 6.67. The van der Waals surface area contributed by atoms with Crippen LogP contribution in [0.15, 0.2) is 78.4 Å². The Balaban J connectivity index is 1.53. The number of rotatable bonds is 8. The van der Waals surface area contributed by atoms with E-state index in [4.69, 9.17) is 14.2 Å². The van der Waals surface area contributed by atoms with E-state index in [-0.39, 0.29) is 30.6 Å². The average Bonchev–Trinajstić information content (AvgIpc) is 3.41. The van der Waals surface area contributed by atoms with E-state index in [1.165, 1.54) is 12.0 Å². The van der Waals surface area contributed by atoms with Crippen molar-refractivity contribution in [3.8, 4) is 11.5 Å². The predicted molar refractivity (Wildman–Crippen MR) is 138 cm³/mol. The number of ether oxygens (including phenoxy) is 3. The van der Waals surface area contributed by atoms with Gasteiger partial charge in [-0.2, -0.15) is 0 Å². The second-order valence-electron chi connectivity index (χ2n) is 9.29. The number of nitrogens with zero attached hydrogens (tertiary/aromatic N) is 1. The van der Waals surface area contributed by atoms with Crippen molar-refractivity contribution in [1.82, 2.24) is 4.90 Å². The molecule has 7 nitrogen and oxygen atoms in total. The Morgan fingerprint density at radius 3 is 2.65 bits per heavy atom. The summed E-state index contributed by atoms with van der Waals surface area (Å²) in [5.74, 6) is -0.232. The zero-order chi connectivity index (χ0) is 25.9. The van der Waals surface area contributed by atoms with Crippen molar-refractivity contribution >= 4 is 17.4 Å². The molecule has 3 aromatic carbocycles. The molecule has 0 saturated carbocycles. The Labute approximate surface area is 215 Å². The van der Waals surface area contributed by atoms with Crippen molar-refractivity contribution in [3.63, 3.8) is 0 Å². The zero-order valence-electron chi connectivity index (χ0n) is 20.8. The molecule has 2 aliphatic rings. The smallest absolute Gasteiger partial charge is 0.295 e. The van der Waals surface area contributed by atoms with E-state index in [1.807, 2.05) is 67.6 Å². The molecule has 1 saturated heterocycles. The van der Waals surface area contributed by atoms with E-state index in [2.05, 4.69) is 0 Å². The molecule has 3 aromatic rings. The number of benzene rings is 3. The first-order valence-corrected chi connectivity index (χ1v) is 12.3. The fourth-order valence-electron chi connectivity index (χ4n) is 4.89. The van der Waals surface area contributed by atoms with Gasteiger partial charge in [0.1, 0.15) is 30.0 Å². The third-order valence-corrected chi connectivity index (χ3v) is 6.67. The van der Waals surface area contributed by atoms with Crippen LogP contribution in [0.4, 0.5) is 0 Å². The van der Waals surface area contributed by atoms with Crippen LogP contribution in [-0.4, -0.2) is 48.1 Å². The molecule has 0 spiro atoms. The van der Waals surface area contributed by atoms with Gasteiger partial charge >= 0.3 is 0 Å². The van der Waals surface area contributed by atoms with Gasteiger partial charge in [-0.15, -0.1) is 0 Å². The van der Waals surface area contributed by atoms with Crippen LogP contribution in [0.25, 0.3) is 5.76 Å². The highest BCUT2D eigenvalue weighted by atomic mass is 16.5. The molecule has 0 aromatic heterocycles. The van der Waals surface area contributed by atoms with Gasteiger partial charge in [0.15, 0.2) is 0 Å². The number of carbonyl (C=O) groups is 2. The Kier molecular flexibility index (Phi) is 6.97. The highest BCUT2D eigenvalue weighted by molar-refractivity contribution is 6.46. The van der Waals surface area contributed by atoms with Crippen molar-refractivity contribution in [2.24, 2.45) is 0 Å². The SMILES string of the molecule is COCCN1C(=O)C(=O)/C(=C(/O)c2ccc3c(c2)C[C@H](C)O3)[C@H]1c1cccc(OCc2ccccc2)c1. The maximum absolute atomic E-state index is 13.3. The zero-order valence-corrected chi connectivity index (χ0v) is 20.8. The molecule has 7 heteroatoms. The Bertz CT molecular complexity index is 1350. The topological polar surface area (TPSA) is 85.3 Å². The summed E-state index contributed by atoms with van der Waals surface area (Å²) in [6, 6.07) is 21.6. The first-order chi connectivity index (χ1) is 18.0. The van der Waals surface area contributed by atoms with Crippen LogP contribution < -0.4 is 9.47 Å². The first-order valence-electron chi connectivity index (χ1n) is 12.3. The fourth-order valence-corrected chi connectivity index (χ4v) is 4.89. The maximum atomic E-state index is 13.3. The van der Waals surface area contributed by atoms with Crippen LogP contribution in [0.2, 0.25) is 0 Å². The van der Waals surface area contributed by atoms with Gasteiger partial charge in [0.2, 0.25) is 0 Å². The van der Waals surface area contributed by atoms with Gasteiger partial charge in [0, 0.05) is 25.6 Å². The van der Waals surface area contributed by atoms with Crippen molar-refractivity contribution in [2.45, 2.75) is 32.1 Å². The summed E-state index contributed by atoms with van der Waals surface area (Å²) in [7, 11) is 1.54. The Morgan fingerprint density at radius 2 is 1.86 bits per heavy atom. The Hall–Kier alpha value is -4.10. The molecule has 1 amide bonds. The van der Waals surface area contributed by atoms with E-state index in [9.17, 15) is 14.7 Å². The van der Waals surface area contributed by atoms with Crippen LogP contribution in [-0.2, 0) is 27.4 Å². The number of likely N-dealkylation sites (tertiary alicyclic amines) is 1. The van der Waals surface area contributed by atoms with E-state index in [0.717, 1.165) is 16.9 Å². The molecule has 37 heavy (non-hydrogen) atoms. The number of ketones is 1. The summed E-state index contributed by atoms with van der Waals surface area (Å²) in [5.41, 5.74) is 3.17. The standard InChI is InChI=1S/C30H29NO6/c1-19-15-23-16-22(11-12-25(23)37-19)28(32)26-27(31(13-14-35-2)30(34)29(26)33)21-9-6-10-24(17-21)36-18-20-7-4-3-5-8-20/h3-12,16-17,19,27,32H,13-15,18H2,1-2H3/b28-26+/t19-,27+/m0/s1. The van der Waals surface area contributed by atoms with Crippen LogP contribution in [0, 0.1) is 0 Å². The van der Waals surface area contributed by atoms with Gasteiger partial charge in [-0.1, -0.05) is 42.5 Å². The molecule has 5 rings (SSSR count). The lowest BCUT2D eigenvalue weighted by Crippen LogP contribution is -2.32. The number of fused-ring (bicyclic) bond motifs is 1. The molecular weight excluding hydrogens is 470 g/mol. The van der Waals surface area contributed by atoms with Crippen LogP contribution >= 0.6 is 0 Å². The molecule has 1 N–H and O–H groups in total. The molecule has 0 aliphatic carbocycles. The van der Waals surface area contributed by atoms with Gasteiger partial charge in [0.05, 0.1) is 18.2 Å². The number of Topliss-reactive ketones (excluding diaryl/α,β-unsaturated/α-hetero) is 1.